The van der Waals surface area contributed by atoms with E-state index in [1.165, 1.54) is 7.11 Å². The Morgan fingerprint density at radius 1 is 1.00 bits per heavy atom. The van der Waals surface area contributed by atoms with E-state index in [0.29, 0.717) is 12.0 Å². The number of carbonyl (C=O) groups excluding carboxylic acids is 2. The zero-order chi connectivity index (χ0) is 16.7. The molecule has 2 aromatic carbocycles. The van der Waals surface area contributed by atoms with Crippen LogP contribution in [0.4, 0.5) is 0 Å². The van der Waals surface area contributed by atoms with Crippen LogP contribution in [-0.4, -0.2) is 25.0 Å². The summed E-state index contributed by atoms with van der Waals surface area (Å²) in [6, 6.07) is 18.3. The standard InChI is InChI=1S/C19H21NO3/c1-14(20-18(21)16-11-7-4-8-12-16)17(19(22)23-2)13-15-9-5-3-6-10-15/h3-12,14,17H,13H2,1-2H3,(H,20,21)/t14-,17-/m0/s1. The highest BCUT2D eigenvalue weighted by atomic mass is 16.5. The van der Waals surface area contributed by atoms with Crippen LogP contribution in [0.5, 0.6) is 0 Å². The average Bonchev–Trinajstić information content (AvgIpc) is 2.60. The molecular formula is C19H21NO3. The van der Waals surface area contributed by atoms with Gasteiger partial charge in [0.15, 0.2) is 0 Å². The van der Waals surface area contributed by atoms with Gasteiger partial charge in [0.05, 0.1) is 13.0 Å². The number of methoxy groups -OCH3 is 1. The van der Waals surface area contributed by atoms with Crippen molar-refractivity contribution in [2.75, 3.05) is 7.11 Å². The lowest BCUT2D eigenvalue weighted by Gasteiger charge is -2.23. The molecule has 1 amide bonds. The summed E-state index contributed by atoms with van der Waals surface area (Å²) in [4.78, 5) is 24.4. The predicted octanol–water partition coefficient (Wildman–Crippen LogP) is 2.84. The molecule has 4 heteroatoms. The largest absolute Gasteiger partial charge is 0.469 e. The Hall–Kier alpha value is -2.62. The van der Waals surface area contributed by atoms with Gasteiger partial charge >= 0.3 is 5.97 Å². The van der Waals surface area contributed by atoms with Crippen molar-refractivity contribution in [3.8, 4) is 0 Å². The van der Waals surface area contributed by atoms with Crippen molar-refractivity contribution >= 4 is 11.9 Å². The van der Waals surface area contributed by atoms with E-state index in [-0.39, 0.29) is 17.9 Å². The van der Waals surface area contributed by atoms with E-state index in [2.05, 4.69) is 5.32 Å². The number of hydrogen-bond donors (Lipinski definition) is 1. The Kier molecular flexibility index (Phi) is 5.92. The van der Waals surface area contributed by atoms with Crippen molar-refractivity contribution in [3.05, 3.63) is 71.8 Å². The van der Waals surface area contributed by atoms with Crippen molar-refractivity contribution < 1.29 is 14.3 Å². The molecule has 0 unspecified atom stereocenters. The van der Waals surface area contributed by atoms with E-state index in [1.807, 2.05) is 43.3 Å². The number of carbonyl (C=O) groups is 2. The number of nitrogens with one attached hydrogen (secondary N) is 1. The van der Waals surface area contributed by atoms with Gasteiger partial charge in [-0.3, -0.25) is 9.59 Å². The van der Waals surface area contributed by atoms with E-state index in [0.717, 1.165) is 5.56 Å². The Balaban J connectivity index is 2.09. The number of rotatable bonds is 6. The summed E-state index contributed by atoms with van der Waals surface area (Å²) in [5, 5.41) is 2.89. The monoisotopic (exact) mass is 311 g/mol. The van der Waals surface area contributed by atoms with E-state index in [4.69, 9.17) is 4.74 Å². The molecule has 23 heavy (non-hydrogen) atoms. The Morgan fingerprint density at radius 2 is 1.57 bits per heavy atom. The maximum absolute atomic E-state index is 12.3. The molecular weight excluding hydrogens is 290 g/mol. The van der Waals surface area contributed by atoms with Gasteiger partial charge in [-0.1, -0.05) is 48.5 Å². The van der Waals surface area contributed by atoms with Crippen molar-refractivity contribution in [1.82, 2.24) is 5.32 Å². The second kappa shape index (κ2) is 8.13. The first-order valence-corrected chi connectivity index (χ1v) is 7.59. The molecule has 4 nitrogen and oxygen atoms in total. The fourth-order valence-corrected chi connectivity index (χ4v) is 2.46. The molecule has 0 fully saturated rings. The maximum atomic E-state index is 12.3. The molecule has 1 N–H and O–H groups in total. The molecule has 120 valence electrons. The van der Waals surface area contributed by atoms with Crippen molar-refractivity contribution in [1.29, 1.82) is 0 Å². The summed E-state index contributed by atoms with van der Waals surface area (Å²) in [5.41, 5.74) is 1.60. The number of esters is 1. The third-order valence-corrected chi connectivity index (χ3v) is 3.80. The number of benzene rings is 2. The first-order chi connectivity index (χ1) is 11.1. The average molecular weight is 311 g/mol. The molecule has 0 aliphatic heterocycles. The minimum absolute atomic E-state index is 0.194. The van der Waals surface area contributed by atoms with Crippen LogP contribution in [0.3, 0.4) is 0 Å². The summed E-state index contributed by atoms with van der Waals surface area (Å²) in [6.45, 7) is 1.82. The Morgan fingerprint density at radius 3 is 2.13 bits per heavy atom. The lowest BCUT2D eigenvalue weighted by atomic mass is 9.93. The van der Waals surface area contributed by atoms with Crippen LogP contribution in [-0.2, 0) is 16.0 Å². The Labute approximate surface area is 136 Å². The molecule has 0 bridgehead atoms. The van der Waals surface area contributed by atoms with Crippen molar-refractivity contribution in [3.63, 3.8) is 0 Å². The van der Waals surface area contributed by atoms with Crippen LogP contribution in [0, 0.1) is 5.92 Å². The SMILES string of the molecule is COC(=O)[C@@H](Cc1ccccc1)[C@H](C)NC(=O)c1ccccc1. The first kappa shape index (κ1) is 16.7. The van der Waals surface area contributed by atoms with Crippen LogP contribution < -0.4 is 5.32 Å². The summed E-state index contributed by atoms with van der Waals surface area (Å²) in [5.74, 6) is -0.954. The molecule has 0 saturated carbocycles. The summed E-state index contributed by atoms with van der Waals surface area (Å²) < 4.78 is 4.90. The molecule has 0 spiro atoms. The third kappa shape index (κ3) is 4.68. The number of amides is 1. The van der Waals surface area contributed by atoms with Gasteiger partial charge in [0, 0.05) is 11.6 Å². The molecule has 0 aromatic heterocycles. The predicted molar refractivity (Wildman–Crippen MR) is 89.0 cm³/mol. The van der Waals surface area contributed by atoms with Gasteiger partial charge in [0.1, 0.15) is 0 Å². The first-order valence-electron chi connectivity index (χ1n) is 7.59. The number of hydrogen-bond acceptors (Lipinski definition) is 3. The molecule has 0 aliphatic rings. The highest BCUT2D eigenvalue weighted by Crippen LogP contribution is 2.15. The van der Waals surface area contributed by atoms with Gasteiger partial charge in [-0.2, -0.15) is 0 Å². The molecule has 0 heterocycles. The minimum Gasteiger partial charge on any atom is -0.469 e. The van der Waals surface area contributed by atoms with Gasteiger partial charge in [-0.25, -0.2) is 0 Å². The van der Waals surface area contributed by atoms with E-state index >= 15 is 0 Å². The molecule has 2 rings (SSSR count). The second-order valence-electron chi connectivity index (χ2n) is 5.45. The topological polar surface area (TPSA) is 55.4 Å². The molecule has 0 saturated heterocycles. The normalized spacial score (nSPS) is 13.0. The van der Waals surface area contributed by atoms with Crippen LogP contribution in [0.15, 0.2) is 60.7 Å². The fourth-order valence-electron chi connectivity index (χ4n) is 2.46. The number of ether oxygens (including phenoxy) is 1. The molecule has 0 aliphatic carbocycles. The zero-order valence-corrected chi connectivity index (χ0v) is 13.4. The zero-order valence-electron chi connectivity index (χ0n) is 13.4. The van der Waals surface area contributed by atoms with E-state index < -0.39 is 5.92 Å². The van der Waals surface area contributed by atoms with Crippen LogP contribution in [0.2, 0.25) is 0 Å². The van der Waals surface area contributed by atoms with Crippen LogP contribution in [0.25, 0.3) is 0 Å². The van der Waals surface area contributed by atoms with Crippen LogP contribution >= 0.6 is 0 Å². The fraction of sp³-hybridized carbons (Fsp3) is 0.263. The Bertz CT molecular complexity index is 640. The van der Waals surface area contributed by atoms with Gasteiger partial charge in [0.25, 0.3) is 5.91 Å². The summed E-state index contributed by atoms with van der Waals surface area (Å²) in [7, 11) is 1.37. The summed E-state index contributed by atoms with van der Waals surface area (Å²) in [6.07, 6.45) is 0.518. The maximum Gasteiger partial charge on any atom is 0.311 e. The lowest BCUT2D eigenvalue weighted by Crippen LogP contribution is -2.42. The molecule has 0 radical (unpaired) electrons. The lowest BCUT2D eigenvalue weighted by molar-refractivity contribution is -0.146. The van der Waals surface area contributed by atoms with Gasteiger partial charge in [-0.15, -0.1) is 0 Å². The van der Waals surface area contributed by atoms with Gasteiger partial charge in [0.2, 0.25) is 0 Å². The summed E-state index contributed by atoms with van der Waals surface area (Å²) >= 11 is 0. The van der Waals surface area contributed by atoms with E-state index in [1.54, 1.807) is 24.3 Å². The third-order valence-electron chi connectivity index (χ3n) is 3.80. The van der Waals surface area contributed by atoms with Crippen molar-refractivity contribution in [2.24, 2.45) is 5.92 Å². The highest BCUT2D eigenvalue weighted by Gasteiger charge is 2.27. The van der Waals surface area contributed by atoms with E-state index in [9.17, 15) is 9.59 Å². The van der Waals surface area contributed by atoms with Gasteiger partial charge in [-0.05, 0) is 31.0 Å². The second-order valence-corrected chi connectivity index (χ2v) is 5.45. The van der Waals surface area contributed by atoms with Crippen molar-refractivity contribution in [2.45, 2.75) is 19.4 Å². The minimum atomic E-state index is -0.435. The molecule has 2 atom stereocenters. The quantitative estimate of drug-likeness (QED) is 0.835. The highest BCUT2D eigenvalue weighted by molar-refractivity contribution is 5.94. The van der Waals surface area contributed by atoms with Crippen LogP contribution in [0.1, 0.15) is 22.8 Å². The molecule has 2 aromatic rings. The smallest absolute Gasteiger partial charge is 0.311 e. The van der Waals surface area contributed by atoms with Gasteiger partial charge < -0.3 is 10.1 Å².